The molecule has 0 radical (unpaired) electrons. The highest BCUT2D eigenvalue weighted by Gasteiger charge is 2.41. The van der Waals surface area contributed by atoms with E-state index >= 15 is 0 Å². The molecule has 0 aliphatic heterocycles. The van der Waals surface area contributed by atoms with Gasteiger partial charge in [-0.3, -0.25) is 0 Å². The Labute approximate surface area is 92.1 Å². The first kappa shape index (κ1) is 13.7. The van der Waals surface area contributed by atoms with Crippen molar-refractivity contribution in [3.63, 3.8) is 0 Å². The topological polar surface area (TPSA) is 35.2 Å². The molecule has 96 valence electrons. The van der Waals surface area contributed by atoms with Crippen LogP contribution in [0.4, 0.5) is 17.6 Å². The molecule has 1 rings (SSSR count). The minimum atomic E-state index is -4.07. The van der Waals surface area contributed by atoms with Gasteiger partial charge in [-0.2, -0.15) is 8.78 Å². The number of alkyl halides is 4. The van der Waals surface area contributed by atoms with Gasteiger partial charge in [-0.1, -0.05) is 12.8 Å². The zero-order chi connectivity index (χ0) is 12.2. The van der Waals surface area contributed by atoms with Crippen LogP contribution < -0.4 is 5.73 Å². The van der Waals surface area contributed by atoms with Crippen LogP contribution >= 0.6 is 0 Å². The second kappa shape index (κ2) is 5.82. The highest BCUT2D eigenvalue weighted by atomic mass is 19.3. The van der Waals surface area contributed by atoms with Crippen LogP contribution in [0.25, 0.3) is 0 Å². The molecule has 0 spiro atoms. The quantitative estimate of drug-likeness (QED) is 0.727. The fourth-order valence-electron chi connectivity index (χ4n) is 1.92. The molecule has 0 aromatic carbocycles. The fraction of sp³-hybridized carbons (Fsp3) is 1.00. The van der Waals surface area contributed by atoms with Crippen LogP contribution in [0.1, 0.15) is 25.7 Å². The number of nitrogens with two attached hydrogens (primary N) is 1. The lowest BCUT2D eigenvalue weighted by molar-refractivity contribution is -0.167. The van der Waals surface area contributed by atoms with Crippen LogP contribution in [0.15, 0.2) is 0 Å². The molecule has 0 saturated heterocycles. The Bertz CT molecular complexity index is 207. The molecule has 16 heavy (non-hydrogen) atoms. The number of ether oxygens (including phenoxy) is 1. The van der Waals surface area contributed by atoms with Crippen LogP contribution in [-0.4, -0.2) is 31.6 Å². The zero-order valence-corrected chi connectivity index (χ0v) is 8.97. The van der Waals surface area contributed by atoms with Gasteiger partial charge in [0.2, 0.25) is 0 Å². The highest BCUT2D eigenvalue weighted by Crippen LogP contribution is 2.27. The van der Waals surface area contributed by atoms with E-state index in [0.29, 0.717) is 0 Å². The van der Waals surface area contributed by atoms with E-state index in [1.165, 1.54) is 0 Å². The van der Waals surface area contributed by atoms with Gasteiger partial charge in [-0.05, 0) is 18.8 Å². The highest BCUT2D eigenvalue weighted by molar-refractivity contribution is 4.78. The van der Waals surface area contributed by atoms with Crippen LogP contribution in [0.2, 0.25) is 0 Å². The van der Waals surface area contributed by atoms with E-state index in [-0.39, 0.29) is 18.6 Å². The molecule has 1 atom stereocenters. The van der Waals surface area contributed by atoms with Crippen molar-refractivity contribution in [2.45, 2.75) is 44.1 Å². The summed E-state index contributed by atoms with van der Waals surface area (Å²) >= 11 is 0. The van der Waals surface area contributed by atoms with E-state index in [4.69, 9.17) is 5.73 Å². The average molecular weight is 243 g/mol. The molecule has 1 unspecified atom stereocenters. The lowest BCUT2D eigenvalue weighted by Crippen LogP contribution is -2.38. The van der Waals surface area contributed by atoms with Crippen molar-refractivity contribution in [1.29, 1.82) is 0 Å². The molecule has 1 aliphatic carbocycles. The predicted octanol–water partition coefficient (Wildman–Crippen LogP) is 2.42. The molecule has 1 fully saturated rings. The van der Waals surface area contributed by atoms with Gasteiger partial charge in [0.05, 0.1) is 6.61 Å². The van der Waals surface area contributed by atoms with Gasteiger partial charge in [0.1, 0.15) is 6.61 Å². The van der Waals surface area contributed by atoms with Crippen molar-refractivity contribution in [3.05, 3.63) is 0 Å². The van der Waals surface area contributed by atoms with E-state index in [1.807, 2.05) is 0 Å². The van der Waals surface area contributed by atoms with Gasteiger partial charge >= 0.3 is 12.3 Å². The van der Waals surface area contributed by atoms with E-state index in [0.717, 1.165) is 25.7 Å². The molecule has 0 aromatic rings. The summed E-state index contributed by atoms with van der Waals surface area (Å²) in [5.74, 6) is -3.80. The first-order valence-corrected chi connectivity index (χ1v) is 5.43. The Kier molecular flexibility index (Phi) is 4.98. The Morgan fingerprint density at radius 3 is 2.31 bits per heavy atom. The molecule has 0 heterocycles. The van der Waals surface area contributed by atoms with Crippen LogP contribution in [0.5, 0.6) is 0 Å². The van der Waals surface area contributed by atoms with Crippen molar-refractivity contribution < 1.29 is 22.3 Å². The van der Waals surface area contributed by atoms with Crippen LogP contribution in [0, 0.1) is 5.92 Å². The molecule has 2 nitrogen and oxygen atoms in total. The van der Waals surface area contributed by atoms with Crippen molar-refractivity contribution in [2.75, 3.05) is 13.2 Å². The van der Waals surface area contributed by atoms with E-state index in [9.17, 15) is 17.6 Å². The summed E-state index contributed by atoms with van der Waals surface area (Å²) in [5, 5.41) is 0. The molecular formula is C10H17F4NO. The summed E-state index contributed by atoms with van der Waals surface area (Å²) in [7, 11) is 0. The van der Waals surface area contributed by atoms with Gasteiger partial charge in [0.25, 0.3) is 0 Å². The second-order valence-corrected chi connectivity index (χ2v) is 4.29. The Morgan fingerprint density at radius 1 is 1.25 bits per heavy atom. The summed E-state index contributed by atoms with van der Waals surface area (Å²) in [5.41, 5.74) is 5.73. The zero-order valence-electron chi connectivity index (χ0n) is 8.97. The third-order valence-electron chi connectivity index (χ3n) is 2.93. The number of hydrogen-bond donors (Lipinski definition) is 1. The molecule has 1 aliphatic rings. The second-order valence-electron chi connectivity index (χ2n) is 4.29. The Balaban J connectivity index is 2.19. The molecule has 0 aromatic heterocycles. The maximum absolute atomic E-state index is 12.5. The number of rotatable bonds is 6. The summed E-state index contributed by atoms with van der Waals surface area (Å²) in [4.78, 5) is 0. The third kappa shape index (κ3) is 3.90. The van der Waals surface area contributed by atoms with Crippen molar-refractivity contribution in [2.24, 2.45) is 11.7 Å². The van der Waals surface area contributed by atoms with Gasteiger partial charge in [0.15, 0.2) is 0 Å². The minimum Gasteiger partial charge on any atom is -0.373 e. The molecule has 0 bridgehead atoms. The molecule has 2 N–H and O–H groups in total. The molecule has 6 heteroatoms. The van der Waals surface area contributed by atoms with Crippen LogP contribution in [-0.2, 0) is 4.74 Å². The monoisotopic (exact) mass is 243 g/mol. The lowest BCUT2D eigenvalue weighted by Gasteiger charge is -2.21. The Morgan fingerprint density at radius 2 is 1.81 bits per heavy atom. The van der Waals surface area contributed by atoms with Crippen molar-refractivity contribution in [3.8, 4) is 0 Å². The molecule has 1 saturated carbocycles. The standard InChI is InChI=1S/C10H17F4NO/c11-9(12)10(13,14)6-16-5-8(15)7-3-1-2-4-7/h7-9H,1-6,15H2. The Hall–Kier alpha value is -0.360. The fourth-order valence-corrected chi connectivity index (χ4v) is 1.92. The SMILES string of the molecule is NC(COCC(F)(F)C(F)F)C1CCCC1. The van der Waals surface area contributed by atoms with Crippen LogP contribution in [0.3, 0.4) is 0 Å². The third-order valence-corrected chi connectivity index (χ3v) is 2.93. The largest absolute Gasteiger partial charge is 0.373 e. The van der Waals surface area contributed by atoms with E-state index in [1.54, 1.807) is 0 Å². The lowest BCUT2D eigenvalue weighted by atomic mass is 10.00. The summed E-state index contributed by atoms with van der Waals surface area (Å²) in [6.45, 7) is -1.34. The first-order valence-electron chi connectivity index (χ1n) is 5.43. The number of halogens is 4. The van der Waals surface area contributed by atoms with Crippen molar-refractivity contribution in [1.82, 2.24) is 0 Å². The summed E-state index contributed by atoms with van der Waals surface area (Å²) < 4.78 is 53.0. The smallest absolute Gasteiger partial charge is 0.330 e. The maximum atomic E-state index is 12.5. The van der Waals surface area contributed by atoms with Gasteiger partial charge in [0, 0.05) is 6.04 Å². The number of hydrogen-bond acceptors (Lipinski definition) is 2. The van der Waals surface area contributed by atoms with Gasteiger partial charge in [-0.15, -0.1) is 0 Å². The van der Waals surface area contributed by atoms with Gasteiger partial charge in [-0.25, -0.2) is 8.78 Å². The average Bonchev–Trinajstić information content (AvgIpc) is 2.69. The van der Waals surface area contributed by atoms with E-state index < -0.39 is 19.0 Å². The first-order chi connectivity index (χ1) is 7.43. The van der Waals surface area contributed by atoms with E-state index in [2.05, 4.69) is 4.74 Å². The van der Waals surface area contributed by atoms with Gasteiger partial charge < -0.3 is 10.5 Å². The summed E-state index contributed by atoms with van der Waals surface area (Å²) in [6.07, 6.45) is 0.429. The van der Waals surface area contributed by atoms with Crippen molar-refractivity contribution >= 4 is 0 Å². The molecular weight excluding hydrogens is 226 g/mol. The maximum Gasteiger partial charge on any atom is 0.330 e. The normalized spacial score (nSPS) is 20.6. The summed E-state index contributed by atoms with van der Waals surface area (Å²) in [6, 6.07) is -0.323. The molecule has 0 amide bonds. The predicted molar refractivity (Wildman–Crippen MR) is 51.7 cm³/mol. The minimum absolute atomic E-state index is 0.0764.